The monoisotopic (exact) mass is 556 g/mol. The zero-order valence-corrected chi connectivity index (χ0v) is 24.2. The third-order valence-electron chi connectivity index (χ3n) is 5.75. The van der Waals surface area contributed by atoms with E-state index in [0.717, 1.165) is 20.5 Å². The number of benzene rings is 3. The predicted molar refractivity (Wildman–Crippen MR) is 154 cm³/mol. The van der Waals surface area contributed by atoms with Crippen molar-refractivity contribution < 1.29 is 22.7 Å². The fraction of sp³-hybridized carbons (Fsp3) is 0.345. The van der Waals surface area contributed by atoms with Crippen LogP contribution in [0.15, 0.2) is 82.6 Å². The van der Waals surface area contributed by atoms with Crippen LogP contribution in [0, 0.1) is 0 Å². The second-order valence-corrected chi connectivity index (χ2v) is 12.3. The number of para-hydroxylation sites is 1. The normalized spacial score (nSPS) is 11.6. The third kappa shape index (κ3) is 7.68. The number of hydrogen-bond donors (Lipinski definition) is 1. The molecule has 0 saturated carbocycles. The molecule has 0 aliphatic carbocycles. The second kappa shape index (κ2) is 13.1. The quantitative estimate of drug-likeness (QED) is 0.234. The minimum atomic E-state index is -4.00. The molecule has 38 heavy (non-hydrogen) atoms. The number of rotatable bonds is 12. The molecule has 0 bridgehead atoms. The maximum Gasteiger partial charge on any atom is 0.264 e. The van der Waals surface area contributed by atoms with Crippen molar-refractivity contribution in [1.82, 2.24) is 5.32 Å². The van der Waals surface area contributed by atoms with Gasteiger partial charge in [0.15, 0.2) is 0 Å². The molecular formula is C29H36N2O5S2. The van der Waals surface area contributed by atoms with Crippen molar-refractivity contribution in [3.05, 3.63) is 78.4 Å². The van der Waals surface area contributed by atoms with E-state index in [-0.39, 0.29) is 30.0 Å². The van der Waals surface area contributed by atoms with E-state index in [9.17, 15) is 13.2 Å². The summed E-state index contributed by atoms with van der Waals surface area (Å²) in [5, 5.41) is 2.79. The number of hydrogen-bond acceptors (Lipinski definition) is 6. The Hall–Kier alpha value is -3.17. The summed E-state index contributed by atoms with van der Waals surface area (Å²) in [6.07, 6.45) is 1.92. The number of sulfonamides is 1. The molecule has 3 rings (SSSR count). The largest absolute Gasteiger partial charge is 0.494 e. The fourth-order valence-electron chi connectivity index (χ4n) is 3.82. The Kier molecular flexibility index (Phi) is 10.1. The molecule has 9 heteroatoms. The highest BCUT2D eigenvalue weighted by Crippen LogP contribution is 2.31. The van der Waals surface area contributed by atoms with Gasteiger partial charge in [-0.1, -0.05) is 39.0 Å². The average molecular weight is 557 g/mol. The Morgan fingerprint density at radius 3 is 2.21 bits per heavy atom. The number of amides is 1. The zero-order chi connectivity index (χ0) is 27.8. The van der Waals surface area contributed by atoms with Gasteiger partial charge in [0.1, 0.15) is 24.7 Å². The second-order valence-electron chi connectivity index (χ2n) is 9.56. The Balaban J connectivity index is 1.73. The van der Waals surface area contributed by atoms with E-state index in [1.165, 1.54) is 11.8 Å². The molecule has 204 valence electrons. The van der Waals surface area contributed by atoms with E-state index in [1.807, 2.05) is 37.4 Å². The lowest BCUT2D eigenvalue weighted by molar-refractivity contribution is -0.119. The summed E-state index contributed by atoms with van der Waals surface area (Å²) < 4.78 is 39.8. The maximum absolute atomic E-state index is 13.6. The summed E-state index contributed by atoms with van der Waals surface area (Å²) in [6.45, 7) is 8.82. The lowest BCUT2D eigenvalue weighted by atomic mass is 9.86. The molecule has 3 aromatic carbocycles. The molecular weight excluding hydrogens is 520 g/mol. The van der Waals surface area contributed by atoms with Crippen LogP contribution in [0.1, 0.15) is 33.3 Å². The van der Waals surface area contributed by atoms with Crippen molar-refractivity contribution in [2.45, 2.75) is 42.9 Å². The van der Waals surface area contributed by atoms with Crippen molar-refractivity contribution in [2.24, 2.45) is 0 Å². The molecule has 0 unspecified atom stereocenters. The van der Waals surface area contributed by atoms with Gasteiger partial charge in [0, 0.05) is 4.90 Å². The van der Waals surface area contributed by atoms with Crippen LogP contribution >= 0.6 is 11.8 Å². The van der Waals surface area contributed by atoms with Gasteiger partial charge >= 0.3 is 0 Å². The summed E-state index contributed by atoms with van der Waals surface area (Å²) in [5.74, 6) is 0.951. The smallest absolute Gasteiger partial charge is 0.264 e. The number of carbonyl (C=O) groups is 1. The lowest BCUT2D eigenvalue weighted by Gasteiger charge is -2.25. The molecule has 0 fully saturated rings. The molecule has 0 radical (unpaired) electrons. The summed E-state index contributed by atoms with van der Waals surface area (Å²) >= 11 is 1.52. The average Bonchev–Trinajstić information content (AvgIpc) is 2.90. The number of carbonyl (C=O) groups excluding carboxylic acids is 1. The van der Waals surface area contributed by atoms with Gasteiger partial charge in [0.05, 0.1) is 23.7 Å². The molecule has 1 amide bonds. The van der Waals surface area contributed by atoms with Crippen molar-refractivity contribution in [1.29, 1.82) is 0 Å². The molecule has 1 N–H and O–H groups in total. The van der Waals surface area contributed by atoms with Crippen LogP contribution < -0.4 is 19.1 Å². The van der Waals surface area contributed by atoms with Crippen LogP contribution in [0.5, 0.6) is 11.5 Å². The minimum absolute atomic E-state index is 0.0829. The predicted octanol–water partition coefficient (Wildman–Crippen LogP) is 5.50. The van der Waals surface area contributed by atoms with E-state index >= 15 is 0 Å². The number of nitrogens with one attached hydrogen (secondary N) is 1. The lowest BCUT2D eigenvalue weighted by Crippen LogP contribution is -2.42. The molecule has 3 aromatic rings. The molecule has 0 aliphatic heterocycles. The van der Waals surface area contributed by atoms with Crippen LogP contribution in [-0.2, 0) is 20.2 Å². The molecule has 0 aliphatic rings. The number of anilines is 1. The number of ether oxygens (including phenoxy) is 2. The molecule has 0 saturated heterocycles. The topological polar surface area (TPSA) is 84.9 Å². The minimum Gasteiger partial charge on any atom is -0.494 e. The highest BCUT2D eigenvalue weighted by atomic mass is 32.2. The van der Waals surface area contributed by atoms with Gasteiger partial charge in [-0.15, -0.1) is 11.8 Å². The first-order valence-electron chi connectivity index (χ1n) is 12.4. The standard InChI is InChI=1S/C29H36N2O5S2/c1-6-35-23-13-11-22(12-14-23)31(38(33,34)25-17-15-24(37-5)16-18-25)21-28(32)30-19-20-36-27-10-8-7-9-26(27)29(2,3)4/h7-18H,6,19-21H2,1-5H3,(H,30,32). The summed E-state index contributed by atoms with van der Waals surface area (Å²) in [7, 11) is -4.00. The Bertz CT molecular complexity index is 1300. The van der Waals surface area contributed by atoms with Gasteiger partial charge in [-0.3, -0.25) is 9.10 Å². The summed E-state index contributed by atoms with van der Waals surface area (Å²) in [5.41, 5.74) is 1.36. The van der Waals surface area contributed by atoms with Crippen molar-refractivity contribution >= 4 is 33.4 Å². The fourth-order valence-corrected chi connectivity index (χ4v) is 5.64. The zero-order valence-electron chi connectivity index (χ0n) is 22.6. The van der Waals surface area contributed by atoms with E-state index in [1.54, 1.807) is 48.5 Å². The molecule has 0 heterocycles. The number of thioether (sulfide) groups is 1. The molecule has 0 atom stereocenters. The van der Waals surface area contributed by atoms with Crippen molar-refractivity contribution in [2.75, 3.05) is 36.9 Å². The van der Waals surface area contributed by atoms with Crippen LogP contribution in [-0.4, -0.2) is 46.9 Å². The van der Waals surface area contributed by atoms with Crippen LogP contribution in [0.4, 0.5) is 5.69 Å². The maximum atomic E-state index is 13.6. The third-order valence-corrected chi connectivity index (χ3v) is 8.28. The van der Waals surface area contributed by atoms with E-state index in [4.69, 9.17) is 9.47 Å². The first kappa shape index (κ1) is 29.4. The van der Waals surface area contributed by atoms with Crippen LogP contribution in [0.25, 0.3) is 0 Å². The van der Waals surface area contributed by atoms with Crippen LogP contribution in [0.2, 0.25) is 0 Å². The van der Waals surface area contributed by atoms with Crippen LogP contribution in [0.3, 0.4) is 0 Å². The molecule has 0 aromatic heterocycles. The first-order valence-corrected chi connectivity index (χ1v) is 15.1. The number of nitrogens with zero attached hydrogens (tertiary/aromatic N) is 1. The van der Waals surface area contributed by atoms with Gasteiger partial charge in [-0.05, 0) is 78.8 Å². The van der Waals surface area contributed by atoms with E-state index in [0.29, 0.717) is 18.0 Å². The van der Waals surface area contributed by atoms with E-state index in [2.05, 4.69) is 26.1 Å². The highest BCUT2D eigenvalue weighted by molar-refractivity contribution is 7.98. The Morgan fingerprint density at radius 2 is 1.61 bits per heavy atom. The first-order chi connectivity index (χ1) is 18.1. The van der Waals surface area contributed by atoms with Crippen molar-refractivity contribution in [3.8, 4) is 11.5 Å². The van der Waals surface area contributed by atoms with E-state index < -0.39 is 15.9 Å². The van der Waals surface area contributed by atoms with Gasteiger partial charge in [0.2, 0.25) is 5.91 Å². The summed E-state index contributed by atoms with van der Waals surface area (Å²) in [6, 6.07) is 21.1. The Labute approximate surface area is 230 Å². The van der Waals surface area contributed by atoms with Crippen molar-refractivity contribution in [3.63, 3.8) is 0 Å². The van der Waals surface area contributed by atoms with Gasteiger partial charge in [-0.25, -0.2) is 8.42 Å². The van der Waals surface area contributed by atoms with Gasteiger partial charge in [-0.2, -0.15) is 0 Å². The Morgan fingerprint density at radius 1 is 0.947 bits per heavy atom. The van der Waals surface area contributed by atoms with Gasteiger partial charge in [0.25, 0.3) is 10.0 Å². The van der Waals surface area contributed by atoms with Gasteiger partial charge < -0.3 is 14.8 Å². The highest BCUT2D eigenvalue weighted by Gasteiger charge is 2.27. The SMILES string of the molecule is CCOc1ccc(N(CC(=O)NCCOc2ccccc2C(C)(C)C)S(=O)(=O)c2ccc(SC)cc2)cc1. The summed E-state index contributed by atoms with van der Waals surface area (Å²) in [4.78, 5) is 14.0. The molecule has 7 nitrogen and oxygen atoms in total. The molecule has 0 spiro atoms.